The highest BCUT2D eigenvalue weighted by atomic mass is 79.9. The normalized spacial score (nSPS) is 11.4. The Morgan fingerprint density at radius 1 is 1.07 bits per heavy atom. The molecule has 2 amide bonds. The molecule has 0 aliphatic carbocycles. The van der Waals surface area contributed by atoms with Crippen molar-refractivity contribution in [3.05, 3.63) is 58.1 Å². The van der Waals surface area contributed by atoms with E-state index in [1.165, 1.54) is 0 Å². The molecule has 27 heavy (non-hydrogen) atoms. The summed E-state index contributed by atoms with van der Waals surface area (Å²) in [5, 5.41) is 0. The third-order valence-electron chi connectivity index (χ3n) is 3.84. The number of hydrazine groups is 1. The zero-order chi connectivity index (χ0) is 19.8. The van der Waals surface area contributed by atoms with Gasteiger partial charge in [0.1, 0.15) is 11.5 Å². The molecule has 1 atom stereocenters. The number of benzene rings is 2. The van der Waals surface area contributed by atoms with Crippen LogP contribution in [0.15, 0.2) is 46.9 Å². The molecule has 1 unspecified atom stereocenters. The van der Waals surface area contributed by atoms with E-state index in [2.05, 4.69) is 26.8 Å². The summed E-state index contributed by atoms with van der Waals surface area (Å²) in [6.45, 7) is 5.74. The molecule has 0 spiro atoms. The Labute approximate surface area is 167 Å². The van der Waals surface area contributed by atoms with Crippen molar-refractivity contribution in [3.8, 4) is 11.5 Å². The predicted octanol–water partition coefficient (Wildman–Crippen LogP) is 3.77. The monoisotopic (exact) mass is 434 g/mol. The van der Waals surface area contributed by atoms with Gasteiger partial charge in [-0.05, 0) is 68.3 Å². The summed E-state index contributed by atoms with van der Waals surface area (Å²) in [4.78, 5) is 23.9. The molecule has 7 heteroatoms. The van der Waals surface area contributed by atoms with Crippen molar-refractivity contribution in [1.29, 1.82) is 0 Å². The van der Waals surface area contributed by atoms with Crippen LogP contribution in [0.4, 0.5) is 0 Å². The van der Waals surface area contributed by atoms with Crippen molar-refractivity contribution in [2.75, 3.05) is 6.61 Å². The van der Waals surface area contributed by atoms with Crippen molar-refractivity contribution in [2.24, 2.45) is 0 Å². The molecule has 6 nitrogen and oxygen atoms in total. The first-order chi connectivity index (χ1) is 12.9. The molecule has 0 saturated heterocycles. The zero-order valence-corrected chi connectivity index (χ0v) is 17.1. The second-order valence-electron chi connectivity index (χ2n) is 6.06. The van der Waals surface area contributed by atoms with Gasteiger partial charge in [-0.15, -0.1) is 0 Å². The molecule has 0 aliphatic rings. The van der Waals surface area contributed by atoms with Gasteiger partial charge in [0.2, 0.25) is 0 Å². The van der Waals surface area contributed by atoms with Crippen molar-refractivity contribution < 1.29 is 19.1 Å². The van der Waals surface area contributed by atoms with Gasteiger partial charge in [0.15, 0.2) is 6.61 Å². The maximum absolute atomic E-state index is 12.1. The molecule has 0 aromatic heterocycles. The quantitative estimate of drug-likeness (QED) is 0.650. The number of aryl methyl sites for hydroxylation is 1. The fraction of sp³-hybridized carbons (Fsp3) is 0.300. The Morgan fingerprint density at radius 2 is 1.74 bits per heavy atom. The number of nitrogens with one attached hydrogen (secondary N) is 2. The number of rotatable bonds is 7. The number of hydrogen-bond donors (Lipinski definition) is 2. The van der Waals surface area contributed by atoms with Crippen LogP contribution in [0.3, 0.4) is 0 Å². The van der Waals surface area contributed by atoms with Crippen molar-refractivity contribution in [2.45, 2.75) is 33.3 Å². The topological polar surface area (TPSA) is 76.7 Å². The predicted molar refractivity (Wildman–Crippen MR) is 107 cm³/mol. The molecule has 2 aromatic rings. The Hall–Kier alpha value is -2.54. The number of hydrogen-bond acceptors (Lipinski definition) is 4. The van der Waals surface area contributed by atoms with Gasteiger partial charge in [-0.2, -0.15) is 0 Å². The minimum Gasteiger partial charge on any atom is -0.491 e. The second kappa shape index (κ2) is 9.97. The lowest BCUT2D eigenvalue weighted by atomic mass is 10.2. The summed E-state index contributed by atoms with van der Waals surface area (Å²) < 4.78 is 12.0. The molecule has 0 radical (unpaired) electrons. The van der Waals surface area contributed by atoms with E-state index in [1.807, 2.05) is 32.9 Å². The van der Waals surface area contributed by atoms with E-state index in [0.717, 1.165) is 16.5 Å². The standard InChI is InChI=1S/C20H23BrN2O4/c1-4-14(3)27-16-7-5-15(6-8-16)20(25)23-22-19(24)12-26-17-9-10-18(21)13(2)11-17/h5-11,14H,4,12H2,1-3H3,(H,22,24)(H,23,25). The average Bonchev–Trinajstić information content (AvgIpc) is 2.67. The second-order valence-corrected chi connectivity index (χ2v) is 6.92. The van der Waals surface area contributed by atoms with Gasteiger partial charge in [0.25, 0.3) is 11.8 Å². The molecule has 0 saturated carbocycles. The maximum atomic E-state index is 12.1. The Kier molecular flexibility index (Phi) is 7.67. The number of carbonyl (C=O) groups excluding carboxylic acids is 2. The van der Waals surface area contributed by atoms with E-state index in [4.69, 9.17) is 9.47 Å². The smallest absolute Gasteiger partial charge is 0.276 e. The van der Waals surface area contributed by atoms with Crippen LogP contribution in [-0.4, -0.2) is 24.5 Å². The molecule has 2 N–H and O–H groups in total. The van der Waals surface area contributed by atoms with Crippen molar-refractivity contribution >= 4 is 27.7 Å². The highest BCUT2D eigenvalue weighted by Crippen LogP contribution is 2.21. The van der Waals surface area contributed by atoms with Crippen LogP contribution in [0, 0.1) is 6.92 Å². The van der Waals surface area contributed by atoms with Gasteiger partial charge in [0.05, 0.1) is 6.10 Å². The van der Waals surface area contributed by atoms with Gasteiger partial charge < -0.3 is 9.47 Å². The van der Waals surface area contributed by atoms with Gasteiger partial charge in [-0.1, -0.05) is 22.9 Å². The lowest BCUT2D eigenvalue weighted by Crippen LogP contribution is -2.43. The van der Waals surface area contributed by atoms with Gasteiger partial charge in [0, 0.05) is 10.0 Å². The molecule has 0 heterocycles. The number of ether oxygens (including phenoxy) is 2. The van der Waals surface area contributed by atoms with E-state index < -0.39 is 11.8 Å². The molecular weight excluding hydrogens is 412 g/mol. The van der Waals surface area contributed by atoms with E-state index in [0.29, 0.717) is 17.1 Å². The van der Waals surface area contributed by atoms with Gasteiger partial charge in [-0.25, -0.2) is 0 Å². The summed E-state index contributed by atoms with van der Waals surface area (Å²) in [6.07, 6.45) is 1.01. The molecule has 0 bridgehead atoms. The summed E-state index contributed by atoms with van der Waals surface area (Å²) >= 11 is 3.40. The van der Waals surface area contributed by atoms with Crippen LogP contribution < -0.4 is 20.3 Å². The number of amides is 2. The van der Waals surface area contributed by atoms with Crippen LogP contribution in [0.25, 0.3) is 0 Å². The zero-order valence-electron chi connectivity index (χ0n) is 15.5. The Bertz CT molecular complexity index is 793. The van der Waals surface area contributed by atoms with E-state index in [1.54, 1.807) is 30.3 Å². The SMILES string of the molecule is CCC(C)Oc1ccc(C(=O)NNC(=O)COc2ccc(Br)c(C)c2)cc1. The van der Waals surface area contributed by atoms with Crippen LogP contribution >= 0.6 is 15.9 Å². The van der Waals surface area contributed by atoms with Crippen LogP contribution in [-0.2, 0) is 4.79 Å². The Morgan fingerprint density at radius 3 is 2.37 bits per heavy atom. The fourth-order valence-electron chi connectivity index (χ4n) is 2.09. The number of halogens is 1. The van der Waals surface area contributed by atoms with Crippen LogP contribution in [0.1, 0.15) is 36.2 Å². The third kappa shape index (κ3) is 6.60. The summed E-state index contributed by atoms with van der Waals surface area (Å²) in [6, 6.07) is 12.1. The van der Waals surface area contributed by atoms with Crippen molar-refractivity contribution in [1.82, 2.24) is 10.9 Å². The first-order valence-corrected chi connectivity index (χ1v) is 9.43. The third-order valence-corrected chi connectivity index (χ3v) is 4.73. The summed E-state index contributed by atoms with van der Waals surface area (Å²) in [5.41, 5.74) is 6.10. The molecule has 0 aliphatic heterocycles. The van der Waals surface area contributed by atoms with Gasteiger partial charge in [-0.3, -0.25) is 20.4 Å². The van der Waals surface area contributed by atoms with E-state index >= 15 is 0 Å². The Balaban J connectivity index is 1.78. The van der Waals surface area contributed by atoms with E-state index in [-0.39, 0.29) is 12.7 Å². The largest absolute Gasteiger partial charge is 0.491 e. The highest BCUT2D eigenvalue weighted by Gasteiger charge is 2.09. The lowest BCUT2D eigenvalue weighted by molar-refractivity contribution is -0.123. The summed E-state index contributed by atoms with van der Waals surface area (Å²) in [5.74, 6) is 0.399. The highest BCUT2D eigenvalue weighted by molar-refractivity contribution is 9.10. The van der Waals surface area contributed by atoms with Gasteiger partial charge >= 0.3 is 0 Å². The van der Waals surface area contributed by atoms with Crippen molar-refractivity contribution in [3.63, 3.8) is 0 Å². The minimum absolute atomic E-state index is 0.110. The van der Waals surface area contributed by atoms with E-state index in [9.17, 15) is 9.59 Å². The molecule has 2 rings (SSSR count). The molecule has 2 aromatic carbocycles. The van der Waals surface area contributed by atoms with Crippen LogP contribution in [0.5, 0.6) is 11.5 Å². The maximum Gasteiger partial charge on any atom is 0.276 e. The lowest BCUT2D eigenvalue weighted by Gasteiger charge is -2.13. The minimum atomic E-state index is -0.458. The van der Waals surface area contributed by atoms with Crippen LogP contribution in [0.2, 0.25) is 0 Å². The molecule has 144 valence electrons. The molecular formula is C20H23BrN2O4. The first-order valence-electron chi connectivity index (χ1n) is 8.64. The summed E-state index contributed by atoms with van der Waals surface area (Å²) in [7, 11) is 0. The number of carbonyl (C=O) groups is 2. The average molecular weight is 435 g/mol. The fourth-order valence-corrected chi connectivity index (χ4v) is 2.34. The molecule has 0 fully saturated rings. The first kappa shape index (κ1) is 20.8.